The third-order valence-electron chi connectivity index (χ3n) is 8.43. The molecule has 0 nitrogen and oxygen atoms in total. The molecule has 0 amide bonds. The van der Waals surface area contributed by atoms with Crippen molar-refractivity contribution in [2.24, 2.45) is 0 Å². The van der Waals surface area contributed by atoms with Crippen LogP contribution in [0.2, 0.25) is 0 Å². The van der Waals surface area contributed by atoms with Gasteiger partial charge in [0.05, 0.1) is 0 Å². The van der Waals surface area contributed by atoms with Crippen LogP contribution in [0.4, 0.5) is 0 Å². The zero-order valence-electron chi connectivity index (χ0n) is 26.9. The first kappa shape index (κ1) is 35.9. The number of allylic oxidation sites excluding steroid dienone is 4. The average molecular weight is 654 g/mol. The number of halogens is 2. The second-order valence-corrected chi connectivity index (χ2v) is 13.2. The van der Waals surface area contributed by atoms with Crippen molar-refractivity contribution >= 4 is 25.4 Å². The van der Waals surface area contributed by atoms with Crippen LogP contribution >= 0.6 is 0 Å². The minimum atomic E-state index is 0. The van der Waals surface area contributed by atoms with Crippen molar-refractivity contribution in [2.75, 3.05) is 0 Å². The van der Waals surface area contributed by atoms with Crippen LogP contribution in [0.3, 0.4) is 0 Å². The van der Waals surface area contributed by atoms with E-state index in [1.807, 2.05) is 12.2 Å². The van der Waals surface area contributed by atoms with Crippen molar-refractivity contribution in [1.29, 1.82) is 0 Å². The van der Waals surface area contributed by atoms with Gasteiger partial charge in [-0.15, -0.1) is 46.2 Å². The summed E-state index contributed by atoms with van der Waals surface area (Å²) in [5, 5.41) is 5.32. The third kappa shape index (κ3) is 8.35. The number of fused-ring (bicyclic) bond motifs is 3. The fraction of sp³-hybridized carbons (Fsp3) is 0.268. The first-order chi connectivity index (χ1) is 20.2. The van der Waals surface area contributed by atoms with Gasteiger partial charge in [0.1, 0.15) is 0 Å². The third-order valence-corrected chi connectivity index (χ3v) is 9.21. The summed E-state index contributed by atoms with van der Waals surface area (Å²) in [4.78, 5) is 0. The molecule has 0 bridgehead atoms. The molecule has 5 aromatic carbocycles. The normalized spacial score (nSPS) is 13.2. The van der Waals surface area contributed by atoms with Crippen LogP contribution in [-0.2, 0) is 20.0 Å². The van der Waals surface area contributed by atoms with Crippen LogP contribution in [0.15, 0.2) is 85.0 Å². The number of benzene rings is 4. The predicted octanol–water partition coefficient (Wildman–Crippen LogP) is 5.49. The summed E-state index contributed by atoms with van der Waals surface area (Å²) in [7, 11) is 0. The summed E-state index contributed by atoms with van der Waals surface area (Å²) in [5.41, 5.74) is 13.4. The summed E-state index contributed by atoms with van der Waals surface area (Å²) in [6.07, 6.45) is 15.7. The molecule has 0 saturated heterocycles. The van der Waals surface area contributed by atoms with Gasteiger partial charge in [-0.3, -0.25) is 6.08 Å². The van der Waals surface area contributed by atoms with Crippen molar-refractivity contribution in [1.82, 2.24) is 0 Å². The van der Waals surface area contributed by atoms with Crippen LogP contribution in [0.25, 0.3) is 43.8 Å². The molecule has 7 rings (SSSR count). The summed E-state index contributed by atoms with van der Waals surface area (Å²) in [6.45, 7) is 13.2. The van der Waals surface area contributed by atoms with Crippen molar-refractivity contribution in [2.45, 2.75) is 73.6 Å². The second kappa shape index (κ2) is 16.1. The fourth-order valence-electron chi connectivity index (χ4n) is 6.75. The Balaban J connectivity index is 0.000000343. The average Bonchev–Trinajstić information content (AvgIpc) is 3.71. The Bertz CT molecular complexity index is 1660. The molecule has 1 fully saturated rings. The molecule has 0 heterocycles. The molecule has 44 heavy (non-hydrogen) atoms. The molecule has 0 atom stereocenters. The molecule has 3 heteroatoms. The predicted molar refractivity (Wildman–Crippen MR) is 181 cm³/mol. The number of rotatable bonds is 2. The van der Waals surface area contributed by atoms with Gasteiger partial charge in [-0.05, 0) is 74.9 Å². The molecule has 2 aliphatic rings. The monoisotopic (exact) mass is 652 g/mol. The second-order valence-electron chi connectivity index (χ2n) is 12.1. The first-order valence-corrected chi connectivity index (χ1v) is 16.1. The number of hydrogen-bond donors (Lipinski definition) is 0. The van der Waals surface area contributed by atoms with Gasteiger partial charge in [0.2, 0.25) is 0 Å². The summed E-state index contributed by atoms with van der Waals surface area (Å²) in [5.74, 6) is 0. The van der Waals surface area contributed by atoms with E-state index < -0.39 is 0 Å². The van der Waals surface area contributed by atoms with Crippen molar-refractivity contribution in [3.8, 4) is 22.3 Å². The van der Waals surface area contributed by atoms with E-state index in [0.29, 0.717) is 0 Å². The molecule has 0 aliphatic heterocycles. The molecule has 226 valence electrons. The topological polar surface area (TPSA) is 0 Å². The molecule has 0 aromatic heterocycles. The summed E-state index contributed by atoms with van der Waals surface area (Å²) in [6, 6.07) is 25.4. The molecule has 2 aliphatic carbocycles. The Morgan fingerprint density at radius 1 is 0.614 bits per heavy atom. The van der Waals surface area contributed by atoms with Crippen molar-refractivity contribution < 1.29 is 44.8 Å². The quantitative estimate of drug-likeness (QED) is 0.175. The Kier molecular flexibility index (Phi) is 13.1. The van der Waals surface area contributed by atoms with Crippen LogP contribution < -0.4 is 24.8 Å². The van der Waals surface area contributed by atoms with Gasteiger partial charge in [-0.25, -0.2) is 12.2 Å². The van der Waals surface area contributed by atoms with Crippen LogP contribution in [0.1, 0.15) is 65.5 Å². The molecular formula is C41H42Cl2Ti-2. The molecule has 5 aromatic rings. The number of hydrogen-bond acceptors (Lipinski definition) is 0. The maximum atomic E-state index is 2.99. The van der Waals surface area contributed by atoms with E-state index in [4.69, 9.17) is 0 Å². The van der Waals surface area contributed by atoms with Gasteiger partial charge >= 0.3 is 49.5 Å². The zero-order valence-corrected chi connectivity index (χ0v) is 29.9. The Morgan fingerprint density at radius 3 is 1.34 bits per heavy atom. The van der Waals surface area contributed by atoms with Crippen molar-refractivity contribution in [3.63, 3.8) is 0 Å². The van der Waals surface area contributed by atoms with Gasteiger partial charge in [-0.1, -0.05) is 70.8 Å². The zero-order chi connectivity index (χ0) is 29.8. The van der Waals surface area contributed by atoms with Crippen LogP contribution in [0, 0.1) is 47.6 Å². The van der Waals surface area contributed by atoms with Gasteiger partial charge in [0.25, 0.3) is 0 Å². The van der Waals surface area contributed by atoms with E-state index >= 15 is 0 Å². The summed E-state index contributed by atoms with van der Waals surface area (Å²) >= 11 is 2.26. The Hall–Kier alpha value is -2.61. The number of aryl methyl sites for hydroxylation is 6. The van der Waals surface area contributed by atoms with Crippen molar-refractivity contribution in [3.05, 3.63) is 124 Å². The molecular weight excluding hydrogens is 611 g/mol. The molecule has 0 spiro atoms. The fourth-order valence-corrected chi connectivity index (χ4v) is 7.30. The molecule has 1 saturated carbocycles. The van der Waals surface area contributed by atoms with E-state index in [1.165, 1.54) is 103 Å². The van der Waals surface area contributed by atoms with E-state index in [2.05, 4.69) is 140 Å². The summed E-state index contributed by atoms with van der Waals surface area (Å²) < 4.78 is 1.70. The maximum absolute atomic E-state index is 2.99. The van der Waals surface area contributed by atoms with E-state index in [0.717, 1.165) is 6.42 Å². The standard InChI is InChI=1S/C31H29.C5H8.C5H5.2ClH.Ti/c1-18-11-20(3)30(21(4)12-18)24-7-9-28-26(15-24)17-27-16-25(8-10-29(27)28)31-22(5)13-19(2)14-23(31)6;2*1-2-4-5-3-1;;;/h7-17H,1-6H3;1-4H2;1-3H,4H2;2*1H;/q-1;;-1;;;+2/p-2. The Labute approximate surface area is 288 Å². The molecule has 0 N–H and O–H groups in total. The van der Waals surface area contributed by atoms with E-state index in [9.17, 15) is 0 Å². The van der Waals surface area contributed by atoms with Gasteiger partial charge < -0.3 is 24.8 Å². The Morgan fingerprint density at radius 2 is 1.05 bits per heavy atom. The van der Waals surface area contributed by atoms with E-state index in [1.54, 1.807) is 3.81 Å². The van der Waals surface area contributed by atoms with Gasteiger partial charge in [0.15, 0.2) is 0 Å². The SMILES string of the molecule is Cc1cc(C)c(-c2ccc3c(c2)[cH-]c2cc(-c4c(C)cc(C)cc4C)ccc23)c(C)c1.[C-]1=CC=CC1.[Cl-].[Cl-].[Ti+2]=[C]1CCCC1. The van der Waals surface area contributed by atoms with Crippen LogP contribution in [0.5, 0.6) is 0 Å². The van der Waals surface area contributed by atoms with Gasteiger partial charge in [0, 0.05) is 0 Å². The van der Waals surface area contributed by atoms with Gasteiger partial charge in [-0.2, -0.15) is 6.08 Å². The minimum absolute atomic E-state index is 0. The van der Waals surface area contributed by atoms with E-state index in [-0.39, 0.29) is 24.8 Å². The first-order valence-electron chi connectivity index (χ1n) is 15.3. The molecule has 0 radical (unpaired) electrons. The molecule has 0 unspecified atom stereocenters. The van der Waals surface area contributed by atoms with Crippen LogP contribution in [-0.4, -0.2) is 3.81 Å².